The first-order valence-electron chi connectivity index (χ1n) is 9.65. The minimum absolute atomic E-state index is 0.0428. The van der Waals surface area contributed by atoms with E-state index in [1.807, 2.05) is 47.4 Å². The van der Waals surface area contributed by atoms with E-state index < -0.39 is 10.9 Å². The highest BCUT2D eigenvalue weighted by Crippen LogP contribution is 2.54. The first-order valence-corrected chi connectivity index (χ1v) is 12.2. The van der Waals surface area contributed by atoms with Gasteiger partial charge in [-0.25, -0.2) is 0 Å². The molecule has 0 spiro atoms. The normalized spacial score (nSPS) is 22.9. The maximum absolute atomic E-state index is 13.4. The van der Waals surface area contributed by atoms with Crippen LogP contribution >= 0.6 is 43.6 Å². The third-order valence-electron chi connectivity index (χ3n) is 5.73. The molecule has 2 fully saturated rings. The minimum Gasteiger partial charge on any atom is -0.496 e. The second-order valence-electron chi connectivity index (χ2n) is 7.53. The van der Waals surface area contributed by atoms with Crippen LogP contribution in [-0.2, 0) is 21.0 Å². The number of hydrogen-bond acceptors (Lipinski definition) is 4. The molecule has 0 aromatic heterocycles. The molecule has 30 heavy (non-hydrogen) atoms. The first-order chi connectivity index (χ1) is 14.4. The van der Waals surface area contributed by atoms with Crippen LogP contribution < -0.4 is 4.74 Å². The monoisotopic (exact) mass is 552 g/mol. The molecule has 0 N–H and O–H groups in total. The third-order valence-corrected chi connectivity index (χ3v) is 8.35. The predicted molar refractivity (Wildman–Crippen MR) is 125 cm³/mol. The van der Waals surface area contributed by atoms with Crippen molar-refractivity contribution in [1.29, 1.82) is 0 Å². The lowest BCUT2D eigenvalue weighted by atomic mass is 10.0. The second-order valence-corrected chi connectivity index (χ2v) is 10.7. The minimum atomic E-state index is -0.461. The highest BCUT2D eigenvalue weighted by Gasteiger charge is 2.57. The summed E-state index contributed by atoms with van der Waals surface area (Å²) in [6.45, 7) is 0.413. The van der Waals surface area contributed by atoms with E-state index in [-0.39, 0.29) is 11.8 Å². The Hall–Kier alpha value is -1.51. The summed E-state index contributed by atoms with van der Waals surface area (Å²) in [5.74, 6) is 1.34. The number of benzene rings is 2. The first kappa shape index (κ1) is 21.7. The van der Waals surface area contributed by atoms with Crippen molar-refractivity contribution in [1.82, 2.24) is 9.80 Å². The Morgan fingerprint density at radius 1 is 1.23 bits per heavy atom. The smallest absolute Gasteiger partial charge is 0.246 e. The molecule has 2 amide bonds. The zero-order valence-electron chi connectivity index (χ0n) is 16.7. The van der Waals surface area contributed by atoms with Gasteiger partial charge in [-0.2, -0.15) is 0 Å². The van der Waals surface area contributed by atoms with Crippen molar-refractivity contribution in [2.75, 3.05) is 19.9 Å². The van der Waals surface area contributed by atoms with Gasteiger partial charge in [0.1, 0.15) is 16.7 Å². The second kappa shape index (κ2) is 8.55. The molecule has 4 rings (SSSR count). The number of halogens is 2. The summed E-state index contributed by atoms with van der Waals surface area (Å²) in [4.78, 5) is 29.3. The maximum Gasteiger partial charge on any atom is 0.246 e. The van der Waals surface area contributed by atoms with E-state index in [9.17, 15) is 9.59 Å². The van der Waals surface area contributed by atoms with Crippen LogP contribution in [0, 0.1) is 0 Å². The van der Waals surface area contributed by atoms with E-state index in [1.165, 1.54) is 0 Å². The van der Waals surface area contributed by atoms with Gasteiger partial charge in [0.15, 0.2) is 0 Å². The molecule has 2 aliphatic heterocycles. The number of carbonyl (C=O) groups is 2. The number of carbonyl (C=O) groups excluding carboxylic acids is 2. The molecule has 0 saturated carbocycles. The van der Waals surface area contributed by atoms with Gasteiger partial charge in [-0.05, 0) is 42.3 Å². The largest absolute Gasteiger partial charge is 0.496 e. The molecule has 8 heteroatoms. The molecule has 2 aliphatic rings. The number of methoxy groups -OCH3 is 1. The Bertz CT molecular complexity index is 985. The summed E-state index contributed by atoms with van der Waals surface area (Å²) < 4.78 is 7.37. The van der Waals surface area contributed by atoms with Crippen molar-refractivity contribution in [3.8, 4) is 5.75 Å². The van der Waals surface area contributed by atoms with Crippen molar-refractivity contribution >= 4 is 55.4 Å². The topological polar surface area (TPSA) is 49.9 Å². The van der Waals surface area contributed by atoms with Crippen molar-refractivity contribution in [3.63, 3.8) is 0 Å². The molecule has 2 aromatic rings. The van der Waals surface area contributed by atoms with Gasteiger partial charge in [-0.3, -0.25) is 9.59 Å². The van der Waals surface area contributed by atoms with Crippen LogP contribution in [0.3, 0.4) is 0 Å². The molecule has 158 valence electrons. The fourth-order valence-corrected chi connectivity index (χ4v) is 6.61. The van der Waals surface area contributed by atoms with Gasteiger partial charge in [-0.1, -0.05) is 44.0 Å². The van der Waals surface area contributed by atoms with Crippen LogP contribution in [0.5, 0.6) is 5.75 Å². The van der Waals surface area contributed by atoms with Crippen LogP contribution in [0.1, 0.15) is 24.0 Å². The molecule has 0 unspecified atom stereocenters. The quantitative estimate of drug-likeness (QED) is 0.535. The van der Waals surface area contributed by atoms with Gasteiger partial charge >= 0.3 is 0 Å². The van der Waals surface area contributed by atoms with E-state index in [4.69, 9.17) is 4.74 Å². The van der Waals surface area contributed by atoms with Gasteiger partial charge in [0.05, 0.1) is 7.11 Å². The van der Waals surface area contributed by atoms with E-state index in [0.717, 1.165) is 32.2 Å². The lowest BCUT2D eigenvalue weighted by Crippen LogP contribution is -2.50. The van der Waals surface area contributed by atoms with Crippen molar-refractivity contribution < 1.29 is 14.3 Å². The van der Waals surface area contributed by atoms with Crippen LogP contribution in [0.15, 0.2) is 51.4 Å². The summed E-state index contributed by atoms with van der Waals surface area (Å²) in [6, 6.07) is 13.4. The molecule has 0 bridgehead atoms. The molecule has 5 nitrogen and oxygen atoms in total. The molecule has 2 aromatic carbocycles. The van der Waals surface area contributed by atoms with Crippen molar-refractivity contribution in [2.24, 2.45) is 0 Å². The Kier molecular flexibility index (Phi) is 6.19. The van der Waals surface area contributed by atoms with Crippen molar-refractivity contribution in [2.45, 2.75) is 30.3 Å². The number of thioether (sulfide) groups is 1. The summed E-state index contributed by atoms with van der Waals surface area (Å²) in [7, 11) is 3.41. The number of fused-ring (bicyclic) bond motifs is 1. The molecule has 2 heterocycles. The third kappa shape index (κ3) is 3.78. The Morgan fingerprint density at radius 3 is 2.63 bits per heavy atom. The van der Waals surface area contributed by atoms with Crippen LogP contribution in [0.2, 0.25) is 0 Å². The number of hydrogen-bond donors (Lipinski definition) is 0. The number of ether oxygens (including phenoxy) is 1. The molecule has 0 radical (unpaired) electrons. The molecular weight excluding hydrogens is 532 g/mol. The fraction of sp³-hybridized carbons (Fsp3) is 0.364. The van der Waals surface area contributed by atoms with Gasteiger partial charge in [-0.15, -0.1) is 11.8 Å². The van der Waals surface area contributed by atoms with E-state index in [2.05, 4.69) is 31.9 Å². The van der Waals surface area contributed by atoms with Gasteiger partial charge in [0.2, 0.25) is 11.8 Å². The average molecular weight is 554 g/mol. The summed E-state index contributed by atoms with van der Waals surface area (Å²) in [5, 5.41) is 0. The average Bonchev–Trinajstić information content (AvgIpc) is 3.27. The molecular formula is C22H22Br2N2O3S. The highest BCUT2D eigenvalue weighted by molar-refractivity contribution is 9.10. The van der Waals surface area contributed by atoms with E-state index in [0.29, 0.717) is 18.7 Å². The summed E-state index contributed by atoms with van der Waals surface area (Å²) in [5.41, 5.74) is 1.99. The van der Waals surface area contributed by atoms with Gasteiger partial charge < -0.3 is 14.5 Å². The highest BCUT2D eigenvalue weighted by atomic mass is 79.9. The van der Waals surface area contributed by atoms with Crippen LogP contribution in [0.4, 0.5) is 0 Å². The van der Waals surface area contributed by atoms with Gasteiger partial charge in [0.25, 0.3) is 0 Å². The van der Waals surface area contributed by atoms with E-state index >= 15 is 0 Å². The SMILES string of the molecule is COc1ccc(Br)cc1CN(C)C(=O)[C@@H]1CS[C@]2(c3ccc(Br)cc3)CCC(=O)N12. The van der Waals surface area contributed by atoms with Crippen LogP contribution in [0.25, 0.3) is 0 Å². The number of likely N-dealkylation sites (N-methyl/N-ethyl adjacent to an activating group) is 1. The predicted octanol–water partition coefficient (Wildman–Crippen LogP) is 4.77. The Balaban J connectivity index is 1.58. The molecule has 2 saturated heterocycles. The Labute approximate surface area is 197 Å². The van der Waals surface area contributed by atoms with Gasteiger partial charge in [0, 0.05) is 40.3 Å². The molecule has 2 atom stereocenters. The zero-order chi connectivity index (χ0) is 21.5. The van der Waals surface area contributed by atoms with Crippen LogP contribution in [-0.4, -0.2) is 47.6 Å². The number of rotatable bonds is 5. The molecule has 0 aliphatic carbocycles. The zero-order valence-corrected chi connectivity index (χ0v) is 20.7. The lowest BCUT2D eigenvalue weighted by Gasteiger charge is -2.35. The van der Waals surface area contributed by atoms with Crippen molar-refractivity contribution in [3.05, 3.63) is 62.5 Å². The standard InChI is InChI=1S/C22H22Br2N2O3S/c1-25(12-14-11-17(24)7-8-19(14)29-2)21(28)18-13-30-22(10-9-20(27)26(18)22)15-3-5-16(23)6-4-15/h3-8,11,18H,9-10,12-13H2,1-2H3/t18-,22-/m0/s1. The number of amides is 2. The number of nitrogens with zero attached hydrogens (tertiary/aromatic N) is 2. The Morgan fingerprint density at radius 2 is 1.93 bits per heavy atom. The fourth-order valence-electron chi connectivity index (χ4n) is 4.29. The van der Waals surface area contributed by atoms with E-state index in [1.54, 1.807) is 30.8 Å². The maximum atomic E-state index is 13.4. The summed E-state index contributed by atoms with van der Waals surface area (Å²) >= 11 is 8.66. The lowest BCUT2D eigenvalue weighted by molar-refractivity contribution is -0.143. The summed E-state index contributed by atoms with van der Waals surface area (Å²) in [6.07, 6.45) is 1.20.